The van der Waals surface area contributed by atoms with Crippen molar-refractivity contribution in [2.24, 2.45) is 0 Å². The normalized spacial score (nSPS) is 12.0. The Balaban J connectivity index is 2.92. The van der Waals surface area contributed by atoms with Crippen LogP contribution in [0.2, 0.25) is 14.8 Å². The van der Waals surface area contributed by atoms with Gasteiger partial charge in [-0.2, -0.15) is 0 Å². The van der Waals surface area contributed by atoms with E-state index >= 15 is 0 Å². The fraction of sp³-hybridized carbons (Fsp3) is 0.467. The van der Waals surface area contributed by atoms with Crippen LogP contribution >= 0.6 is 0 Å². The molecule has 8 heteroatoms. The summed E-state index contributed by atoms with van der Waals surface area (Å²) in [4.78, 5) is 28.4. The number of nitrogens with one attached hydrogen (secondary N) is 1. The number of hydrogen-bond acceptors (Lipinski definition) is 3. The molecule has 128 valence electrons. The molecular weight excluding hydrogens is 418 g/mol. The number of benzene rings is 1. The van der Waals surface area contributed by atoms with Crippen LogP contribution in [0, 0.1) is 0 Å². The molecule has 0 saturated heterocycles. The Kier molecular flexibility index (Phi) is 6.49. The molecule has 0 saturated carbocycles. The molecule has 23 heavy (non-hydrogen) atoms. The second kappa shape index (κ2) is 7.55. The maximum absolute atomic E-state index is 12.2. The summed E-state index contributed by atoms with van der Waals surface area (Å²) >= 11 is -2.49. The second-order valence-electron chi connectivity index (χ2n) is 6.17. The van der Waals surface area contributed by atoms with Gasteiger partial charge in [0, 0.05) is 0 Å². The Hall–Kier alpha value is -1.25. The molecule has 0 aliphatic heterocycles. The Labute approximate surface area is 137 Å². The van der Waals surface area contributed by atoms with Crippen LogP contribution in [0.3, 0.4) is 0 Å². The van der Waals surface area contributed by atoms with E-state index < -0.39 is 36.4 Å². The molecule has 1 rings (SSSR count). The number of esters is 1. The molecule has 1 aromatic carbocycles. The molecule has 0 radical (unpaired) electrons. The van der Waals surface area contributed by atoms with Crippen molar-refractivity contribution in [3.05, 3.63) is 23.8 Å². The Morgan fingerprint density at radius 3 is 2.30 bits per heavy atom. The van der Waals surface area contributed by atoms with E-state index in [4.69, 9.17) is 4.74 Å². The van der Waals surface area contributed by atoms with Crippen molar-refractivity contribution >= 4 is 33.8 Å². The standard InChI is InChI=1S/C12H11F3NO3.3CH3.Sn/c1-8(17)19-10-4-2-3-9(7-10)5-6-16-11(18)12(13,14)15;;;;/h2,4,7H,5-6H2,1H3,(H,16,18);3*1H3;. The average Bonchev–Trinajstić information content (AvgIpc) is 2.35. The minimum atomic E-state index is -4.88. The van der Waals surface area contributed by atoms with Gasteiger partial charge in [0.05, 0.1) is 0 Å². The van der Waals surface area contributed by atoms with E-state index in [1.165, 1.54) is 6.92 Å². The number of carbonyl (C=O) groups excluding carboxylic acids is 2. The molecule has 0 atom stereocenters. The van der Waals surface area contributed by atoms with E-state index in [1.54, 1.807) is 12.1 Å². The number of ether oxygens (including phenoxy) is 1. The van der Waals surface area contributed by atoms with Gasteiger partial charge in [0.2, 0.25) is 0 Å². The Morgan fingerprint density at radius 1 is 1.22 bits per heavy atom. The summed E-state index contributed by atoms with van der Waals surface area (Å²) in [6, 6.07) is 5.23. The molecular formula is C15H20F3NO3Sn. The number of alkyl halides is 3. The minimum absolute atomic E-state index is 0.128. The van der Waals surface area contributed by atoms with E-state index in [-0.39, 0.29) is 13.0 Å². The molecule has 0 fully saturated rings. The number of hydrogen-bond donors (Lipinski definition) is 1. The number of rotatable bonds is 5. The van der Waals surface area contributed by atoms with E-state index in [0.717, 1.165) is 9.14 Å². The van der Waals surface area contributed by atoms with Gasteiger partial charge in [0.25, 0.3) is 0 Å². The molecule has 1 amide bonds. The van der Waals surface area contributed by atoms with Crippen molar-refractivity contribution < 1.29 is 27.5 Å². The van der Waals surface area contributed by atoms with Gasteiger partial charge in [-0.15, -0.1) is 0 Å². The van der Waals surface area contributed by atoms with Gasteiger partial charge in [-0.3, -0.25) is 0 Å². The monoisotopic (exact) mass is 439 g/mol. The van der Waals surface area contributed by atoms with Crippen LogP contribution in [0.4, 0.5) is 13.2 Å². The van der Waals surface area contributed by atoms with Crippen molar-refractivity contribution in [1.29, 1.82) is 0 Å². The molecule has 0 spiro atoms. The second-order valence-corrected chi connectivity index (χ2v) is 20.5. The summed E-state index contributed by atoms with van der Waals surface area (Å²) in [7, 11) is 0. The van der Waals surface area contributed by atoms with Crippen LogP contribution in [-0.2, 0) is 16.0 Å². The molecule has 1 aromatic rings. The molecule has 0 heterocycles. The number of halogens is 3. The van der Waals surface area contributed by atoms with Gasteiger partial charge in [0.1, 0.15) is 0 Å². The van der Waals surface area contributed by atoms with E-state index in [0.29, 0.717) is 5.75 Å². The van der Waals surface area contributed by atoms with E-state index in [9.17, 15) is 22.8 Å². The fourth-order valence-corrected chi connectivity index (χ4v) is 7.13. The molecule has 0 aromatic heterocycles. The molecule has 4 nitrogen and oxygen atoms in total. The van der Waals surface area contributed by atoms with Crippen LogP contribution in [-0.4, -0.2) is 43.0 Å². The molecule has 0 unspecified atom stereocenters. The summed E-state index contributed by atoms with van der Waals surface area (Å²) < 4.78 is 42.7. The summed E-state index contributed by atoms with van der Waals surface area (Å²) in [6.07, 6.45) is -4.63. The first kappa shape index (κ1) is 19.8. The fourth-order valence-electron chi connectivity index (χ4n) is 2.15. The quantitative estimate of drug-likeness (QED) is 0.437. The number of carbonyl (C=O) groups is 2. The van der Waals surface area contributed by atoms with Gasteiger partial charge in [0.15, 0.2) is 0 Å². The van der Waals surface area contributed by atoms with Gasteiger partial charge in [-0.05, 0) is 0 Å². The predicted molar refractivity (Wildman–Crippen MR) is 83.5 cm³/mol. The third kappa shape index (κ3) is 6.40. The zero-order valence-electron chi connectivity index (χ0n) is 13.5. The average molecular weight is 438 g/mol. The first-order valence-electron chi connectivity index (χ1n) is 7.08. The SMILES string of the molecule is CC(=O)Oc1cc[c]([Sn]([CH3])([CH3])[CH3])c(CCNC(=O)C(F)(F)F)c1. The molecule has 0 aliphatic carbocycles. The molecule has 0 bridgehead atoms. The van der Waals surface area contributed by atoms with Crippen molar-refractivity contribution in [3.63, 3.8) is 0 Å². The zero-order chi connectivity index (χ0) is 17.8. The van der Waals surface area contributed by atoms with Gasteiger partial charge < -0.3 is 0 Å². The van der Waals surface area contributed by atoms with Gasteiger partial charge in [-0.1, -0.05) is 0 Å². The molecule has 1 N–H and O–H groups in total. The van der Waals surface area contributed by atoms with Crippen LogP contribution in [0.5, 0.6) is 5.75 Å². The summed E-state index contributed by atoms with van der Waals surface area (Å²) in [5, 5.41) is 1.86. The van der Waals surface area contributed by atoms with E-state index in [1.807, 2.05) is 11.4 Å². The first-order chi connectivity index (χ1) is 10.4. The van der Waals surface area contributed by atoms with Crippen LogP contribution in [0.25, 0.3) is 0 Å². The third-order valence-corrected chi connectivity index (χ3v) is 9.09. The van der Waals surface area contributed by atoms with Crippen LogP contribution in [0.1, 0.15) is 12.5 Å². The van der Waals surface area contributed by atoms with Crippen LogP contribution < -0.4 is 13.6 Å². The first-order valence-corrected chi connectivity index (χ1v) is 17.1. The Morgan fingerprint density at radius 2 is 1.83 bits per heavy atom. The molecule has 0 aliphatic rings. The van der Waals surface area contributed by atoms with Crippen LogP contribution in [0.15, 0.2) is 18.2 Å². The summed E-state index contributed by atoms with van der Waals surface area (Å²) in [5.74, 6) is -2.06. The number of amides is 1. The van der Waals surface area contributed by atoms with Crippen molar-refractivity contribution in [3.8, 4) is 5.75 Å². The summed E-state index contributed by atoms with van der Waals surface area (Å²) in [6.45, 7) is 1.15. The van der Waals surface area contributed by atoms with Crippen molar-refractivity contribution in [2.45, 2.75) is 34.3 Å². The predicted octanol–water partition coefficient (Wildman–Crippen LogP) is 2.38. The van der Waals surface area contributed by atoms with Crippen molar-refractivity contribution in [2.75, 3.05) is 6.54 Å². The van der Waals surface area contributed by atoms with Gasteiger partial charge >= 0.3 is 137 Å². The maximum atomic E-state index is 12.2. The third-order valence-electron chi connectivity index (χ3n) is 3.08. The topological polar surface area (TPSA) is 55.4 Å². The summed E-state index contributed by atoms with van der Waals surface area (Å²) in [5.41, 5.74) is 0.814. The van der Waals surface area contributed by atoms with Crippen molar-refractivity contribution in [1.82, 2.24) is 5.32 Å². The Bertz CT molecular complexity index is 595. The zero-order valence-corrected chi connectivity index (χ0v) is 16.4. The van der Waals surface area contributed by atoms with Gasteiger partial charge in [-0.25, -0.2) is 0 Å². The van der Waals surface area contributed by atoms with E-state index in [2.05, 4.69) is 14.8 Å².